The number of hydrogen-bond donors (Lipinski definition) is 10. The Labute approximate surface area is 652 Å². The number of nitrogens with zero attached hydrogens (tertiary/aromatic N) is 1. The Morgan fingerprint density at radius 1 is 0.446 bits per heavy atom. The number of amides is 6. The molecule has 0 aliphatic rings. The molecule has 8 rings (SSSR count). The number of aliphatic carboxylic acids is 2. The number of benzene rings is 7. The Balaban J connectivity index is 0.000000361. The van der Waals surface area contributed by atoms with Crippen LogP contribution in [0.25, 0.3) is 0 Å². The van der Waals surface area contributed by atoms with Crippen LogP contribution in [0.4, 0.5) is 57.8 Å². The van der Waals surface area contributed by atoms with Crippen LogP contribution in [0.3, 0.4) is 0 Å². The molecular formula is C86H104F3N9O14. The zero-order chi connectivity index (χ0) is 82.3. The van der Waals surface area contributed by atoms with Crippen LogP contribution < -0.4 is 43.4 Å². The molecule has 0 radical (unpaired) electrons. The molecule has 26 heteroatoms. The number of nitrogens with one attached hydrogen (secondary N) is 6. The lowest BCUT2D eigenvalue weighted by molar-refractivity contribution is -0.171. The lowest BCUT2D eigenvalue weighted by Crippen LogP contribution is -2.25. The van der Waals surface area contributed by atoms with Crippen molar-refractivity contribution in [3.63, 3.8) is 0 Å². The van der Waals surface area contributed by atoms with E-state index in [1.807, 2.05) is 123 Å². The lowest BCUT2D eigenvalue weighted by atomic mass is 10.1. The average molecular weight is 1540 g/mol. The number of rotatable bonds is 36. The van der Waals surface area contributed by atoms with Crippen molar-refractivity contribution < 1.29 is 80.9 Å². The molecule has 0 saturated heterocycles. The number of carbonyl (C=O) groups is 11. The second-order valence-corrected chi connectivity index (χ2v) is 25.4. The van der Waals surface area contributed by atoms with Crippen molar-refractivity contribution in [1.82, 2.24) is 10.3 Å². The topological polar surface area (TPSA) is 375 Å². The second kappa shape index (κ2) is 55.1. The van der Waals surface area contributed by atoms with Gasteiger partial charge in [0.2, 0.25) is 23.5 Å². The second-order valence-electron chi connectivity index (χ2n) is 25.4. The molecule has 0 fully saturated rings. The molecule has 0 spiro atoms. The predicted molar refractivity (Wildman–Crippen MR) is 431 cm³/mol. The summed E-state index contributed by atoms with van der Waals surface area (Å²) in [4.78, 5) is 128. The number of aromatic nitrogens is 1. The van der Waals surface area contributed by atoms with Crippen molar-refractivity contribution in [3.8, 4) is 0 Å². The van der Waals surface area contributed by atoms with Crippen LogP contribution in [0, 0.1) is 5.92 Å². The maximum Gasteiger partial charge on any atom is 0.449 e. The van der Waals surface area contributed by atoms with Crippen molar-refractivity contribution in [2.45, 2.75) is 169 Å². The van der Waals surface area contributed by atoms with Gasteiger partial charge in [-0.3, -0.25) is 52.9 Å². The number of alkyl carbamates (subject to hydrolysis) is 1. The summed E-state index contributed by atoms with van der Waals surface area (Å²) in [5.74, 6) is -4.46. The van der Waals surface area contributed by atoms with E-state index in [4.69, 9.17) is 26.4 Å². The van der Waals surface area contributed by atoms with E-state index in [9.17, 15) is 65.9 Å². The first-order valence-electron chi connectivity index (χ1n) is 37.1. The summed E-state index contributed by atoms with van der Waals surface area (Å²) in [5.41, 5.74) is 20.2. The molecule has 1 heterocycles. The predicted octanol–water partition coefficient (Wildman–Crippen LogP) is 17.5. The number of Topliss-reactive ketones (excluding diaryl/α,β-unsaturated/α-hetero) is 3. The molecule has 8 aromatic rings. The molecule has 6 amide bonds. The fraction of sp³-hybridized carbons (Fsp3) is 0.326. The third-order valence-corrected chi connectivity index (χ3v) is 16.3. The van der Waals surface area contributed by atoms with Crippen LogP contribution in [-0.4, -0.2) is 92.8 Å². The van der Waals surface area contributed by atoms with Crippen molar-refractivity contribution >= 4 is 105 Å². The van der Waals surface area contributed by atoms with Gasteiger partial charge in [0, 0.05) is 98.1 Å². The molecule has 0 aliphatic heterocycles. The number of hydrogen-bond acceptors (Lipinski definition) is 15. The fourth-order valence-electron chi connectivity index (χ4n) is 10.1. The van der Waals surface area contributed by atoms with E-state index < -0.39 is 36.4 Å². The lowest BCUT2D eigenvalue weighted by Gasteiger charge is -2.09. The number of anilines is 7. The summed E-state index contributed by atoms with van der Waals surface area (Å²) < 4.78 is 40.9. The highest BCUT2D eigenvalue weighted by molar-refractivity contribution is 6.37. The number of alkyl halides is 3. The number of para-hydroxylation sites is 6. The van der Waals surface area contributed by atoms with Gasteiger partial charge in [-0.05, 0) is 166 Å². The fourth-order valence-corrected chi connectivity index (χ4v) is 10.1. The Bertz CT molecular complexity index is 4140. The molecule has 0 bridgehead atoms. The SMILES string of the molecule is CC(=O)Nc1ccc(C(=O)Nc2ccccc2N)cc1.CCC(=O)C(=O)CCCCCCC(=O)Nc1ccccc1.CCC(CC)C(=O)O.Nc1ccccc1NC(=O)c1ccc(CCCNC(=O)OCc2cccnc2)cc1.O=C(CCCCCCC(=O)C(F)(F)F)Nc1ccccc1.O=C(O)CCCc1ccccc1. The Morgan fingerprint density at radius 3 is 1.30 bits per heavy atom. The van der Waals surface area contributed by atoms with Crippen molar-refractivity contribution in [3.05, 3.63) is 240 Å². The zero-order valence-corrected chi connectivity index (χ0v) is 63.9. The minimum Gasteiger partial charge on any atom is -0.481 e. The van der Waals surface area contributed by atoms with Crippen molar-refractivity contribution in [1.29, 1.82) is 0 Å². The van der Waals surface area contributed by atoms with E-state index in [-0.39, 0.29) is 66.5 Å². The number of nitrogens with two attached hydrogens (primary N) is 2. The number of aryl methyl sites for hydroxylation is 2. The molecule has 598 valence electrons. The summed E-state index contributed by atoms with van der Waals surface area (Å²) >= 11 is 0. The van der Waals surface area contributed by atoms with Gasteiger partial charge in [0.25, 0.3) is 11.8 Å². The van der Waals surface area contributed by atoms with Gasteiger partial charge in [-0.15, -0.1) is 0 Å². The summed E-state index contributed by atoms with van der Waals surface area (Å²) in [6.45, 7) is 7.61. The van der Waals surface area contributed by atoms with Gasteiger partial charge >= 0.3 is 24.2 Å². The van der Waals surface area contributed by atoms with Gasteiger partial charge in [-0.2, -0.15) is 13.2 Å². The number of nitrogen functional groups attached to an aromatic ring is 2. The maximum absolute atomic E-state index is 12.3. The number of carboxylic acids is 2. The van der Waals surface area contributed by atoms with Crippen molar-refractivity contribution in [2.24, 2.45) is 5.92 Å². The van der Waals surface area contributed by atoms with E-state index in [1.165, 1.54) is 12.5 Å². The van der Waals surface area contributed by atoms with Crippen LogP contribution in [0.15, 0.2) is 213 Å². The van der Waals surface area contributed by atoms with Crippen LogP contribution in [-0.2, 0) is 62.5 Å². The minimum atomic E-state index is -4.73. The first-order chi connectivity index (χ1) is 53.7. The number of halogens is 3. The third-order valence-electron chi connectivity index (χ3n) is 16.3. The minimum absolute atomic E-state index is 0.0124. The largest absolute Gasteiger partial charge is 0.481 e. The van der Waals surface area contributed by atoms with Gasteiger partial charge in [0.1, 0.15) is 6.61 Å². The molecule has 0 unspecified atom stereocenters. The molecule has 23 nitrogen and oxygen atoms in total. The molecule has 12 N–H and O–H groups in total. The van der Waals surface area contributed by atoms with E-state index in [0.717, 1.165) is 86.7 Å². The van der Waals surface area contributed by atoms with Gasteiger partial charge < -0.3 is 58.3 Å². The summed E-state index contributed by atoms with van der Waals surface area (Å²) in [6.07, 6.45) is 9.21. The highest BCUT2D eigenvalue weighted by Crippen LogP contribution is 2.23. The smallest absolute Gasteiger partial charge is 0.449 e. The standard InChI is InChI=1S/C23H24N4O3.C17H23NO3.C15H18F3NO2.C15H15N3O2.C10H12O2.C6H12O2/c24-20-7-1-2-8-21(20)27-22(28)19-11-9-17(10-12-19)5-4-14-26-23(29)30-16-18-6-3-13-25-15-18;1-2-15(19)16(20)12-8-3-4-9-13-17(21)18-14-10-6-5-7-11-14;16-15(17,18)13(20)10-6-1-2-7-11-14(21)19-12-8-4-3-5-9-12;1-10(19)17-12-8-6-11(7-9-12)15(20)18-14-5-3-2-4-13(14)16;11-10(12)8-4-7-9-5-2-1-3-6-9;1-3-5(4-2)6(7)8/h1-3,6-13,15H,4-5,14,16,24H2,(H,26,29)(H,27,28);5-7,10-11H,2-4,8-9,12-13H2,1H3,(H,18,21);3-5,8-9H,1-2,6-7,10-11H2,(H,19,21);2-9H,16H2,1H3,(H,17,19)(H,18,20);1-3,5-6H,4,7-8H2,(H,11,12);5H,3-4H2,1-2H3,(H,7,8). The molecule has 1 aromatic heterocycles. The van der Waals surface area contributed by atoms with Crippen LogP contribution in [0.5, 0.6) is 0 Å². The number of carboxylic acid groups (broad SMARTS) is 2. The number of pyridine rings is 1. The zero-order valence-electron chi connectivity index (χ0n) is 63.9. The maximum atomic E-state index is 12.3. The quantitative estimate of drug-likeness (QED) is 0.00990. The van der Waals surface area contributed by atoms with Gasteiger partial charge in [0.15, 0.2) is 11.6 Å². The number of carbonyl (C=O) groups excluding carboxylic acids is 9. The Kier molecular flexibility index (Phi) is 46.2. The molecule has 0 saturated carbocycles. The first kappa shape index (κ1) is 93.9. The highest BCUT2D eigenvalue weighted by atomic mass is 19.4. The highest BCUT2D eigenvalue weighted by Gasteiger charge is 2.37. The molecule has 7 aromatic carbocycles. The van der Waals surface area contributed by atoms with Gasteiger partial charge in [-0.25, -0.2) is 4.79 Å². The number of unbranched alkanes of at least 4 members (excludes halogenated alkanes) is 6. The van der Waals surface area contributed by atoms with Crippen LogP contribution in [0.2, 0.25) is 0 Å². The molecule has 0 aliphatic carbocycles. The van der Waals surface area contributed by atoms with Crippen LogP contribution in [0.1, 0.15) is 181 Å². The van der Waals surface area contributed by atoms with Gasteiger partial charge in [-0.1, -0.05) is 156 Å². The summed E-state index contributed by atoms with van der Waals surface area (Å²) in [5, 5.41) is 33.2. The number of ketones is 3. The third kappa shape index (κ3) is 43.0. The average Bonchev–Trinajstić information content (AvgIpc) is 0.864. The van der Waals surface area contributed by atoms with Crippen molar-refractivity contribution in [2.75, 3.05) is 44.6 Å². The summed E-state index contributed by atoms with van der Waals surface area (Å²) in [7, 11) is 0. The normalized spacial score (nSPS) is 10.2. The van der Waals surface area contributed by atoms with E-state index in [2.05, 4.69) is 36.9 Å². The monoisotopic (exact) mass is 1540 g/mol. The first-order valence-corrected chi connectivity index (χ1v) is 37.1. The summed E-state index contributed by atoms with van der Waals surface area (Å²) in [6, 6.07) is 60.1. The van der Waals surface area contributed by atoms with Crippen LogP contribution >= 0.6 is 0 Å². The van der Waals surface area contributed by atoms with E-state index in [1.54, 1.807) is 110 Å². The molecule has 112 heavy (non-hydrogen) atoms. The molecular weight excluding hydrogens is 1440 g/mol. The Hall–Kier alpha value is -12.4. The van der Waals surface area contributed by atoms with E-state index in [0.29, 0.717) is 91.1 Å². The van der Waals surface area contributed by atoms with E-state index >= 15 is 0 Å². The number of ether oxygens (including phenoxy) is 1. The Morgan fingerprint density at radius 2 is 0.875 bits per heavy atom. The molecule has 0 atom stereocenters. The van der Waals surface area contributed by atoms with Gasteiger partial charge in [0.05, 0.1) is 28.7 Å².